The summed E-state index contributed by atoms with van der Waals surface area (Å²) in [7, 11) is -5.91. The first-order chi connectivity index (χ1) is 43.3. The van der Waals surface area contributed by atoms with Crippen molar-refractivity contribution in [1.82, 2.24) is 0 Å². The summed E-state index contributed by atoms with van der Waals surface area (Å²) < 4.78 is 27.0. The number of esters is 2. The largest absolute Gasteiger partial charge is 2.00 e. The minimum atomic E-state index is -2.95. The van der Waals surface area contributed by atoms with Crippen LogP contribution in [0.4, 0.5) is 0 Å². The molecule has 0 amide bonds. The fourth-order valence-electron chi connectivity index (χ4n) is 19.2. The Balaban J connectivity index is 0.000000373. The molecule has 0 spiro atoms. The predicted octanol–water partition coefficient (Wildman–Crippen LogP) is 15.9. The standard InChI is InChI=1S/2C38H52O5Si.2C2H5.2CH4.Zn/c2*1-9-36(7)24-31(37(8)26(2)20-22-38(27(3)34(36)41)23-21-30(39)33(37)38)43-32(40)25-42-44(35(4,5)6,28-16-12-10-13-17-28)29-18-14-11-15-19-29;2*1-2;;;/h2*9-19,26-27,31,33-34,41H,1,20-25H2,2-8H3;2*1H2,2H3;2*1H4;/q;;2*-1;;;+2/t26-,27+,31-,33?,34+,36+,37+,38+;26-,27+,31-,33?,34+,36-,37+,38+;;;;;/m11...../s1. The van der Waals surface area contributed by atoms with E-state index >= 15 is 0 Å². The van der Waals surface area contributed by atoms with Crippen molar-refractivity contribution in [3.05, 3.63) is 160 Å². The van der Waals surface area contributed by atoms with Gasteiger partial charge in [0.2, 0.25) is 0 Å². The van der Waals surface area contributed by atoms with Crippen LogP contribution in [0.3, 0.4) is 0 Å². The number of rotatable bonds is 14. The van der Waals surface area contributed by atoms with Crippen molar-refractivity contribution >= 4 is 60.9 Å². The van der Waals surface area contributed by atoms with Gasteiger partial charge in [-0.3, -0.25) is 9.59 Å². The molecule has 4 aromatic carbocycles. The molecule has 95 heavy (non-hydrogen) atoms. The monoisotopic (exact) mass is 1390 g/mol. The van der Waals surface area contributed by atoms with Crippen LogP contribution in [0.15, 0.2) is 147 Å². The number of carbonyl (C=O) groups excluding carboxylic acids is 4. The number of aliphatic hydroxyl groups excluding tert-OH is 2. The molecule has 0 aromatic heterocycles. The van der Waals surface area contributed by atoms with Crippen molar-refractivity contribution in [2.24, 2.45) is 68.0 Å². The Kier molecular flexibility index (Phi) is 28.2. The van der Waals surface area contributed by atoms with Gasteiger partial charge in [0.15, 0.2) is 0 Å². The summed E-state index contributed by atoms with van der Waals surface area (Å²) in [6, 6.07) is 41.1. The summed E-state index contributed by atoms with van der Waals surface area (Å²) in [5.74, 6) is -0.631. The van der Waals surface area contributed by atoms with Crippen LogP contribution in [0.25, 0.3) is 0 Å². The first-order valence-corrected chi connectivity index (χ1v) is 38.2. The van der Waals surface area contributed by atoms with E-state index in [9.17, 15) is 29.4 Å². The first-order valence-electron chi connectivity index (χ1n) is 34.3. The molecular weight excluding hydrogens is 1270 g/mol. The smallest absolute Gasteiger partial charge is 0.460 e. The molecule has 6 fully saturated rings. The van der Waals surface area contributed by atoms with Gasteiger partial charge in [0.25, 0.3) is 16.6 Å². The van der Waals surface area contributed by atoms with E-state index in [-0.39, 0.29) is 116 Å². The summed E-state index contributed by atoms with van der Waals surface area (Å²) in [6.45, 7) is 48.1. The van der Waals surface area contributed by atoms with Crippen LogP contribution in [-0.2, 0) is 57.0 Å². The van der Waals surface area contributed by atoms with Gasteiger partial charge in [-0.2, -0.15) is 13.8 Å². The van der Waals surface area contributed by atoms with E-state index in [1.165, 1.54) is 0 Å². The summed E-state index contributed by atoms with van der Waals surface area (Å²) in [5.41, 5.74) is -3.08. The fourth-order valence-corrected chi connectivity index (χ4v) is 28.2. The molecule has 10 nitrogen and oxygen atoms in total. The second-order valence-electron chi connectivity index (χ2n) is 31.0. The van der Waals surface area contributed by atoms with Gasteiger partial charge < -0.3 is 42.4 Å². The summed E-state index contributed by atoms with van der Waals surface area (Å²) in [4.78, 5) is 55.7. The number of aliphatic hydroxyl groups is 2. The zero-order chi connectivity index (χ0) is 68.3. The molecule has 0 heterocycles. The first kappa shape index (κ1) is 83.0. The zero-order valence-corrected chi connectivity index (χ0v) is 64.6. The third-order valence-corrected chi connectivity index (χ3v) is 34.8. The summed E-state index contributed by atoms with van der Waals surface area (Å²) in [6.07, 6.45) is 8.27. The van der Waals surface area contributed by atoms with Crippen molar-refractivity contribution in [3.63, 3.8) is 0 Å². The molecule has 6 saturated carbocycles. The molecule has 6 aliphatic rings. The number of hydrogen-bond acceptors (Lipinski definition) is 10. The van der Waals surface area contributed by atoms with Gasteiger partial charge in [-0.25, -0.2) is 9.59 Å². The van der Waals surface area contributed by atoms with Crippen LogP contribution >= 0.6 is 0 Å². The molecule has 4 bridgehead atoms. The average molecular weight is 1390 g/mol. The predicted molar refractivity (Wildman–Crippen MR) is 392 cm³/mol. The number of Topliss-reactive ketones (excluding diaryl/α,β-unsaturated/α-hetero) is 2. The molecule has 2 N–H and O–H groups in total. The van der Waals surface area contributed by atoms with Crippen LogP contribution in [0.2, 0.25) is 10.1 Å². The Morgan fingerprint density at radius 3 is 1.02 bits per heavy atom. The quantitative estimate of drug-likeness (QED) is 0.0541. The van der Waals surface area contributed by atoms with Crippen LogP contribution < -0.4 is 20.7 Å². The number of ketones is 2. The minimum absolute atomic E-state index is 0. The molecule has 2 unspecified atom stereocenters. The van der Waals surface area contributed by atoms with E-state index in [1.54, 1.807) is 13.8 Å². The van der Waals surface area contributed by atoms with Gasteiger partial charge in [-0.05, 0) is 117 Å². The Morgan fingerprint density at radius 1 is 0.516 bits per heavy atom. The maximum atomic E-state index is 14.1. The number of benzene rings is 4. The summed E-state index contributed by atoms with van der Waals surface area (Å²) in [5, 5.41) is 27.5. The molecule has 0 aliphatic heterocycles. The zero-order valence-electron chi connectivity index (χ0n) is 59.7. The molecule has 13 heteroatoms. The summed E-state index contributed by atoms with van der Waals surface area (Å²) >= 11 is 0. The molecule has 4 aromatic rings. The second kappa shape index (κ2) is 32.2. The minimum Gasteiger partial charge on any atom is -0.460 e. The van der Waals surface area contributed by atoms with Gasteiger partial charge in [0.1, 0.15) is 37.0 Å². The van der Waals surface area contributed by atoms with E-state index < -0.39 is 74.6 Å². The van der Waals surface area contributed by atoms with Crippen molar-refractivity contribution in [2.75, 3.05) is 13.2 Å². The number of ether oxygens (including phenoxy) is 2. The Labute approximate surface area is 590 Å². The van der Waals surface area contributed by atoms with Gasteiger partial charge in [0.05, 0.1) is 12.2 Å². The molecule has 0 saturated heterocycles. The Bertz CT molecular complexity index is 2880. The molecule has 10 rings (SSSR count). The van der Waals surface area contributed by atoms with Crippen molar-refractivity contribution < 1.29 is 67.2 Å². The van der Waals surface area contributed by atoms with E-state index in [0.717, 1.165) is 59.3 Å². The molecule has 16 atom stereocenters. The molecule has 520 valence electrons. The van der Waals surface area contributed by atoms with Gasteiger partial charge in [0, 0.05) is 46.3 Å². The van der Waals surface area contributed by atoms with Crippen molar-refractivity contribution in [2.45, 2.75) is 224 Å². The van der Waals surface area contributed by atoms with Gasteiger partial charge in [-0.1, -0.05) is 245 Å². The van der Waals surface area contributed by atoms with Crippen molar-refractivity contribution in [3.8, 4) is 0 Å². The normalized spacial score (nSPS) is 33.2. The van der Waals surface area contributed by atoms with Crippen LogP contribution in [0, 0.1) is 81.8 Å². The molecule has 0 radical (unpaired) electrons. The third kappa shape index (κ3) is 14.5. The number of hydrogen-bond donors (Lipinski definition) is 2. The SMILES string of the molecule is C.C.C=C[C@@]1(C)C[C@@H](OC(=O)CO[Si](c2ccccc2)(c2ccccc2)C(C)(C)C)[C@@]2(C)C3C(=O)CC[C@@]3(CC[C@H]2C)[C@@H](C)[C@@H]1O.C=C[C@]1(C)C[C@@H](OC(=O)CO[Si](c2ccccc2)(c2ccccc2)C(C)(C)C)[C@@]2(C)C3C(=O)CC[C@@]3(CC[C@H]2C)[C@@H](C)[C@@H]1O.[CH2-]C.[CH2-]C.[Zn+2]. The van der Waals surface area contributed by atoms with E-state index in [4.69, 9.17) is 18.3 Å². The maximum Gasteiger partial charge on any atom is 2.00 e. The van der Waals surface area contributed by atoms with E-state index in [2.05, 4.69) is 159 Å². The van der Waals surface area contributed by atoms with Gasteiger partial charge >= 0.3 is 31.4 Å². The van der Waals surface area contributed by atoms with E-state index in [0.29, 0.717) is 25.7 Å². The Morgan fingerprint density at radius 2 is 0.779 bits per heavy atom. The average Bonchev–Trinajstić information content (AvgIpc) is 1.66. The topological polar surface area (TPSA) is 146 Å². The third-order valence-electron chi connectivity index (χ3n) is 24.8. The van der Waals surface area contributed by atoms with Crippen LogP contribution in [0.5, 0.6) is 0 Å². The molecular formula is C82H122O10Si2Zn. The van der Waals surface area contributed by atoms with Crippen LogP contribution in [0.1, 0.15) is 190 Å². The second-order valence-corrected chi connectivity index (χ2v) is 39.6. The fraction of sp³-hybridized carbons (Fsp3) is 0.585. The molecule has 6 aliphatic carbocycles. The van der Waals surface area contributed by atoms with Crippen LogP contribution in [-0.4, -0.2) is 88.0 Å². The van der Waals surface area contributed by atoms with Crippen molar-refractivity contribution in [1.29, 1.82) is 0 Å². The van der Waals surface area contributed by atoms with E-state index in [1.807, 2.05) is 98.8 Å². The maximum absolute atomic E-state index is 14.1. The number of carbonyl (C=O) groups is 4. The van der Waals surface area contributed by atoms with Gasteiger partial charge in [-0.15, -0.1) is 13.2 Å². The Hall–Kier alpha value is -4.46.